The minimum atomic E-state index is 0.343. The van der Waals surface area contributed by atoms with Crippen LogP contribution in [0.1, 0.15) is 25.0 Å². The van der Waals surface area contributed by atoms with E-state index >= 15 is 0 Å². The van der Waals surface area contributed by atoms with Crippen molar-refractivity contribution in [3.63, 3.8) is 0 Å². The van der Waals surface area contributed by atoms with Gasteiger partial charge >= 0.3 is 0 Å². The molecule has 1 unspecified atom stereocenters. The van der Waals surface area contributed by atoms with Gasteiger partial charge in [0.15, 0.2) is 0 Å². The van der Waals surface area contributed by atoms with E-state index in [-0.39, 0.29) is 0 Å². The van der Waals surface area contributed by atoms with E-state index in [1.165, 1.54) is 22.9 Å². The maximum atomic E-state index is 7.03. The van der Waals surface area contributed by atoms with Crippen molar-refractivity contribution in [2.45, 2.75) is 24.8 Å². The van der Waals surface area contributed by atoms with Gasteiger partial charge in [-0.1, -0.05) is 12.2 Å². The van der Waals surface area contributed by atoms with Gasteiger partial charge in [0.25, 0.3) is 0 Å². The van der Waals surface area contributed by atoms with Gasteiger partial charge in [0.2, 0.25) is 0 Å². The topological polar surface area (TPSA) is 59.9 Å². The highest BCUT2D eigenvalue weighted by molar-refractivity contribution is 7.80. The van der Waals surface area contributed by atoms with Gasteiger partial charge in [-0.05, 0) is 55.3 Å². The fraction of sp³-hybridized carbons (Fsp3) is 0.250. The van der Waals surface area contributed by atoms with Crippen LogP contribution in [0.15, 0.2) is 53.2 Å². The van der Waals surface area contributed by atoms with E-state index in [0.717, 1.165) is 28.4 Å². The Morgan fingerprint density at radius 3 is 2.76 bits per heavy atom. The number of anilines is 1. The Kier molecular flexibility index (Phi) is 6.67. The minimum absolute atomic E-state index is 0.343. The first-order valence-corrected chi connectivity index (χ1v) is 8.71. The van der Waals surface area contributed by atoms with Crippen molar-refractivity contribution in [3.05, 3.63) is 59.5 Å². The van der Waals surface area contributed by atoms with Gasteiger partial charge in [0.05, 0.1) is 0 Å². The van der Waals surface area contributed by atoms with Crippen LogP contribution in [-0.2, 0) is 0 Å². The molecule has 1 heterocycles. The summed E-state index contributed by atoms with van der Waals surface area (Å²) in [4.78, 5) is 0.901. The van der Waals surface area contributed by atoms with Crippen LogP contribution in [0.4, 0.5) is 5.69 Å². The summed E-state index contributed by atoms with van der Waals surface area (Å²) < 4.78 is 0. The summed E-state index contributed by atoms with van der Waals surface area (Å²) in [6.45, 7) is 9.13. The van der Waals surface area contributed by atoms with Crippen LogP contribution >= 0.6 is 12.6 Å². The summed E-state index contributed by atoms with van der Waals surface area (Å²) in [6.07, 6.45) is 8.27. The maximum absolute atomic E-state index is 7.03. The third kappa shape index (κ3) is 4.44. The summed E-state index contributed by atoms with van der Waals surface area (Å²) in [5.74, 6) is 0. The number of hydrogen-bond acceptors (Lipinski definition) is 5. The Hall–Kier alpha value is -2.24. The van der Waals surface area contributed by atoms with Crippen molar-refractivity contribution in [1.82, 2.24) is 10.6 Å². The van der Waals surface area contributed by atoms with Crippen molar-refractivity contribution in [3.8, 4) is 0 Å². The normalized spacial score (nSPS) is 17.9. The van der Waals surface area contributed by atoms with E-state index in [4.69, 9.17) is 18.0 Å². The zero-order valence-electron chi connectivity index (χ0n) is 15.0. The molecule has 2 rings (SSSR count). The Balaban J connectivity index is 2.47. The van der Waals surface area contributed by atoms with Gasteiger partial charge in [-0.25, -0.2) is 0 Å². The lowest BCUT2D eigenvalue weighted by atomic mass is 9.95. The molecule has 1 aliphatic heterocycles. The molecule has 1 atom stereocenters. The average molecular weight is 355 g/mol. The Labute approximate surface area is 155 Å². The van der Waals surface area contributed by atoms with Crippen LogP contribution in [0.25, 0.3) is 11.6 Å². The molecule has 1 aromatic rings. The predicted octanol–water partition coefficient (Wildman–Crippen LogP) is 4.06. The second-order valence-corrected chi connectivity index (χ2v) is 6.46. The second kappa shape index (κ2) is 8.74. The largest absolute Gasteiger partial charge is 0.388 e. The van der Waals surface area contributed by atoms with Crippen molar-refractivity contribution < 1.29 is 0 Å². The smallest absolute Gasteiger partial charge is 0.0429 e. The average Bonchev–Trinajstić information content (AvgIpc) is 2.93. The third-order valence-electron chi connectivity index (χ3n) is 4.27. The third-order valence-corrected chi connectivity index (χ3v) is 4.64. The zero-order chi connectivity index (χ0) is 18.4. The molecule has 0 radical (unpaired) electrons. The van der Waals surface area contributed by atoms with Crippen LogP contribution in [0, 0.1) is 5.41 Å². The van der Waals surface area contributed by atoms with Crippen LogP contribution in [-0.4, -0.2) is 25.8 Å². The van der Waals surface area contributed by atoms with Gasteiger partial charge in [-0.2, -0.15) is 0 Å². The molecule has 0 aliphatic carbocycles. The van der Waals surface area contributed by atoms with Crippen molar-refractivity contribution in [2.75, 3.05) is 18.9 Å². The predicted molar refractivity (Wildman–Crippen MR) is 113 cm³/mol. The van der Waals surface area contributed by atoms with Crippen LogP contribution in [0.3, 0.4) is 0 Å². The summed E-state index contributed by atoms with van der Waals surface area (Å²) >= 11 is 4.72. The number of thiol groups is 1. The molecule has 0 aromatic heterocycles. The molecular weight excluding hydrogens is 328 g/mol. The van der Waals surface area contributed by atoms with Gasteiger partial charge in [0, 0.05) is 53.9 Å². The van der Waals surface area contributed by atoms with Gasteiger partial charge in [0.1, 0.15) is 0 Å². The molecule has 132 valence electrons. The Bertz CT molecular complexity index is 759. The maximum Gasteiger partial charge on any atom is 0.0429 e. The first-order valence-electron chi connectivity index (χ1n) is 8.26. The van der Waals surface area contributed by atoms with Gasteiger partial charge < -0.3 is 21.4 Å². The Morgan fingerprint density at radius 1 is 1.44 bits per heavy atom. The number of hydrogen-bond donors (Lipinski definition) is 5. The first-order chi connectivity index (χ1) is 12.0. The molecular formula is C20H26N4S. The first kappa shape index (κ1) is 19.1. The molecule has 0 fully saturated rings. The lowest BCUT2D eigenvalue weighted by molar-refractivity contribution is 0.730. The molecule has 0 saturated carbocycles. The van der Waals surface area contributed by atoms with Gasteiger partial charge in [-0.15, -0.1) is 12.6 Å². The zero-order valence-corrected chi connectivity index (χ0v) is 15.9. The van der Waals surface area contributed by atoms with Crippen LogP contribution in [0.2, 0.25) is 0 Å². The number of benzene rings is 1. The van der Waals surface area contributed by atoms with Crippen LogP contribution < -0.4 is 16.0 Å². The van der Waals surface area contributed by atoms with E-state index in [9.17, 15) is 0 Å². The number of allylic oxidation sites excluding steroid dienone is 2. The minimum Gasteiger partial charge on any atom is -0.388 e. The molecule has 1 aliphatic rings. The molecule has 0 amide bonds. The fourth-order valence-corrected chi connectivity index (χ4v) is 3.35. The monoisotopic (exact) mass is 354 g/mol. The van der Waals surface area contributed by atoms with Crippen molar-refractivity contribution in [1.29, 1.82) is 5.41 Å². The van der Waals surface area contributed by atoms with Crippen LogP contribution in [0.5, 0.6) is 0 Å². The lowest BCUT2D eigenvalue weighted by Gasteiger charge is -2.16. The molecule has 5 heteroatoms. The van der Waals surface area contributed by atoms with Crippen molar-refractivity contribution >= 4 is 36.2 Å². The SMILES string of the molecule is C=C/C(=C\c1c(S)cc(C2=C(C)CNC2C)cc1NC)N/C=C\C=N. The standard InChI is InChI=1S/C20H26N4S/c1-5-16(23-8-6-7-21)11-17-18(22-4)9-15(10-19(17)25)20-13(2)12-24-14(20)3/h5-11,14,21-25H,1,12H2,2-4H3/b8-6-,16-11+,21-7?. The fourth-order valence-electron chi connectivity index (χ4n) is 3.03. The Morgan fingerprint density at radius 2 is 2.20 bits per heavy atom. The summed E-state index contributed by atoms with van der Waals surface area (Å²) in [5, 5.41) is 16.9. The number of rotatable bonds is 7. The lowest BCUT2D eigenvalue weighted by Crippen LogP contribution is -2.20. The summed E-state index contributed by atoms with van der Waals surface area (Å²) in [7, 11) is 1.91. The quantitative estimate of drug-likeness (QED) is 0.291. The molecule has 1 aromatic carbocycles. The summed E-state index contributed by atoms with van der Waals surface area (Å²) in [5.41, 5.74) is 6.76. The second-order valence-electron chi connectivity index (χ2n) is 5.98. The highest BCUT2D eigenvalue weighted by Crippen LogP contribution is 2.34. The van der Waals surface area contributed by atoms with E-state index in [1.807, 2.05) is 13.1 Å². The number of nitrogens with one attached hydrogen (secondary N) is 4. The molecule has 25 heavy (non-hydrogen) atoms. The highest BCUT2D eigenvalue weighted by Gasteiger charge is 2.21. The highest BCUT2D eigenvalue weighted by atomic mass is 32.1. The summed E-state index contributed by atoms with van der Waals surface area (Å²) in [6, 6.07) is 4.63. The molecule has 0 saturated heterocycles. The molecule has 4 N–H and O–H groups in total. The van der Waals surface area contributed by atoms with E-state index in [0.29, 0.717) is 6.04 Å². The van der Waals surface area contributed by atoms with Crippen molar-refractivity contribution in [2.24, 2.45) is 0 Å². The van der Waals surface area contributed by atoms with E-state index in [1.54, 1.807) is 18.4 Å². The van der Waals surface area contributed by atoms with E-state index in [2.05, 4.69) is 48.5 Å². The molecule has 4 nitrogen and oxygen atoms in total. The van der Waals surface area contributed by atoms with Gasteiger partial charge in [-0.3, -0.25) is 0 Å². The van der Waals surface area contributed by atoms with E-state index < -0.39 is 0 Å². The molecule has 0 bridgehead atoms. The molecule has 0 spiro atoms.